The second kappa shape index (κ2) is 7.46. The van der Waals surface area contributed by atoms with Crippen LogP contribution in [0.5, 0.6) is 0 Å². The van der Waals surface area contributed by atoms with Gasteiger partial charge in [0.2, 0.25) is 0 Å². The van der Waals surface area contributed by atoms with Gasteiger partial charge in [0.15, 0.2) is 9.84 Å². The van der Waals surface area contributed by atoms with Gasteiger partial charge in [0.25, 0.3) is 0 Å². The van der Waals surface area contributed by atoms with Crippen molar-refractivity contribution in [2.45, 2.75) is 58.2 Å². The van der Waals surface area contributed by atoms with Crippen molar-refractivity contribution < 1.29 is 8.42 Å². The normalized spacial score (nSPS) is 13.6. The molecule has 0 fully saturated rings. The highest BCUT2D eigenvalue weighted by atomic mass is 32.2. The Hall–Kier alpha value is -0.130. The molecule has 0 amide bonds. The predicted molar refractivity (Wildman–Crippen MR) is 78.5 cm³/mol. The maximum atomic E-state index is 12.1. The highest BCUT2D eigenvalue weighted by molar-refractivity contribution is 7.92. The fourth-order valence-electron chi connectivity index (χ4n) is 1.99. The maximum absolute atomic E-state index is 12.1. The SMILES string of the molecule is CCC(CC)N(CCN)CCS(=O)(=O)C(C)(C)C. The molecule has 0 aliphatic heterocycles. The van der Waals surface area contributed by atoms with Crippen molar-refractivity contribution in [3.8, 4) is 0 Å². The molecule has 0 aromatic heterocycles. The van der Waals surface area contributed by atoms with Crippen LogP contribution in [-0.2, 0) is 9.84 Å². The van der Waals surface area contributed by atoms with Gasteiger partial charge in [-0.05, 0) is 33.6 Å². The number of nitrogens with zero attached hydrogens (tertiary/aromatic N) is 1. The first-order valence-corrected chi connectivity index (χ1v) is 8.51. The highest BCUT2D eigenvalue weighted by Crippen LogP contribution is 2.17. The molecule has 110 valence electrons. The van der Waals surface area contributed by atoms with Gasteiger partial charge in [-0.25, -0.2) is 8.42 Å². The fourth-order valence-corrected chi connectivity index (χ4v) is 3.08. The van der Waals surface area contributed by atoms with Gasteiger partial charge in [-0.3, -0.25) is 4.90 Å². The van der Waals surface area contributed by atoms with Crippen LogP contribution in [0.4, 0.5) is 0 Å². The molecule has 0 saturated heterocycles. The molecule has 0 aromatic carbocycles. The van der Waals surface area contributed by atoms with Crippen LogP contribution in [0.3, 0.4) is 0 Å². The average molecular weight is 278 g/mol. The number of hydrogen-bond acceptors (Lipinski definition) is 4. The lowest BCUT2D eigenvalue weighted by atomic mass is 10.1. The average Bonchev–Trinajstić information content (AvgIpc) is 2.26. The first-order valence-electron chi connectivity index (χ1n) is 6.86. The van der Waals surface area contributed by atoms with Gasteiger partial charge in [-0.1, -0.05) is 13.8 Å². The molecular weight excluding hydrogens is 248 g/mol. The Kier molecular flexibility index (Phi) is 7.40. The van der Waals surface area contributed by atoms with E-state index in [4.69, 9.17) is 5.73 Å². The lowest BCUT2D eigenvalue weighted by Crippen LogP contribution is -2.43. The molecular formula is C13H30N2O2S. The summed E-state index contributed by atoms with van der Waals surface area (Å²) in [6.07, 6.45) is 2.07. The van der Waals surface area contributed by atoms with Crippen molar-refractivity contribution in [2.24, 2.45) is 5.73 Å². The number of sulfone groups is 1. The van der Waals surface area contributed by atoms with Crippen LogP contribution < -0.4 is 5.73 Å². The summed E-state index contributed by atoms with van der Waals surface area (Å²) < 4.78 is 23.5. The van der Waals surface area contributed by atoms with Crippen LogP contribution >= 0.6 is 0 Å². The molecule has 0 heterocycles. The van der Waals surface area contributed by atoms with Gasteiger partial charge in [-0.15, -0.1) is 0 Å². The number of hydrogen-bond donors (Lipinski definition) is 1. The van der Waals surface area contributed by atoms with E-state index in [2.05, 4.69) is 18.7 Å². The molecule has 4 nitrogen and oxygen atoms in total. The van der Waals surface area contributed by atoms with E-state index in [0.29, 0.717) is 19.1 Å². The standard InChI is InChI=1S/C13H30N2O2S/c1-6-12(7-2)15(9-8-14)10-11-18(16,17)13(3,4)5/h12H,6-11,14H2,1-5H3. The van der Waals surface area contributed by atoms with Crippen molar-refractivity contribution >= 4 is 9.84 Å². The lowest BCUT2D eigenvalue weighted by Gasteiger charge is -2.31. The summed E-state index contributed by atoms with van der Waals surface area (Å²) >= 11 is 0. The van der Waals surface area contributed by atoms with Gasteiger partial charge >= 0.3 is 0 Å². The van der Waals surface area contributed by atoms with Crippen LogP contribution in [-0.4, -0.2) is 49.5 Å². The van der Waals surface area contributed by atoms with E-state index < -0.39 is 14.6 Å². The molecule has 0 bridgehead atoms. The number of nitrogens with two attached hydrogens (primary N) is 1. The first-order chi connectivity index (χ1) is 8.19. The van der Waals surface area contributed by atoms with Crippen molar-refractivity contribution in [3.63, 3.8) is 0 Å². The van der Waals surface area contributed by atoms with Crippen LogP contribution in [0.2, 0.25) is 0 Å². The molecule has 0 aliphatic carbocycles. The zero-order valence-corrected chi connectivity index (χ0v) is 13.4. The Morgan fingerprint density at radius 1 is 1.11 bits per heavy atom. The Bertz CT molecular complexity index is 316. The minimum atomic E-state index is -3.04. The third-order valence-corrected chi connectivity index (χ3v) is 6.04. The maximum Gasteiger partial charge on any atom is 0.156 e. The van der Waals surface area contributed by atoms with E-state index in [1.807, 2.05) is 0 Å². The van der Waals surface area contributed by atoms with Crippen LogP contribution in [0.25, 0.3) is 0 Å². The summed E-state index contributed by atoms with van der Waals surface area (Å²) in [5.41, 5.74) is 5.61. The van der Waals surface area contributed by atoms with Crippen molar-refractivity contribution in [1.29, 1.82) is 0 Å². The third kappa shape index (κ3) is 5.24. The van der Waals surface area contributed by atoms with E-state index >= 15 is 0 Å². The molecule has 0 saturated carbocycles. The largest absolute Gasteiger partial charge is 0.329 e. The molecule has 18 heavy (non-hydrogen) atoms. The van der Waals surface area contributed by atoms with Crippen molar-refractivity contribution in [2.75, 3.05) is 25.4 Å². The van der Waals surface area contributed by atoms with E-state index in [-0.39, 0.29) is 5.75 Å². The molecule has 2 N–H and O–H groups in total. The predicted octanol–water partition coefficient (Wildman–Crippen LogP) is 1.65. The van der Waals surface area contributed by atoms with Gasteiger partial charge < -0.3 is 5.73 Å². The minimum absolute atomic E-state index is 0.215. The number of rotatable bonds is 8. The van der Waals surface area contributed by atoms with Gasteiger partial charge in [0.1, 0.15) is 0 Å². The molecule has 0 aliphatic rings. The Morgan fingerprint density at radius 2 is 1.61 bits per heavy atom. The van der Waals surface area contributed by atoms with E-state index in [1.54, 1.807) is 20.8 Å². The first kappa shape index (κ1) is 17.9. The Morgan fingerprint density at radius 3 is 1.94 bits per heavy atom. The summed E-state index contributed by atoms with van der Waals surface area (Å²) in [4.78, 5) is 2.21. The fraction of sp³-hybridized carbons (Fsp3) is 1.00. The molecule has 0 spiro atoms. The zero-order chi connectivity index (χ0) is 14.4. The molecule has 0 rings (SSSR count). The summed E-state index contributed by atoms with van der Waals surface area (Å²) in [6.45, 7) is 11.5. The van der Waals surface area contributed by atoms with Crippen LogP contribution in [0, 0.1) is 0 Å². The quantitative estimate of drug-likeness (QED) is 0.733. The molecule has 0 aromatic rings. The molecule has 0 atom stereocenters. The van der Waals surface area contributed by atoms with Gasteiger partial charge in [0.05, 0.1) is 10.5 Å². The van der Waals surface area contributed by atoms with Gasteiger partial charge in [-0.2, -0.15) is 0 Å². The van der Waals surface area contributed by atoms with Crippen molar-refractivity contribution in [1.82, 2.24) is 4.90 Å². The van der Waals surface area contributed by atoms with Crippen LogP contribution in [0.15, 0.2) is 0 Å². The smallest absolute Gasteiger partial charge is 0.156 e. The summed E-state index contributed by atoms with van der Waals surface area (Å²) in [5, 5.41) is 0. The summed E-state index contributed by atoms with van der Waals surface area (Å²) in [6, 6.07) is 0.434. The van der Waals surface area contributed by atoms with Gasteiger partial charge in [0, 0.05) is 25.7 Å². The summed E-state index contributed by atoms with van der Waals surface area (Å²) in [7, 11) is -3.04. The van der Waals surface area contributed by atoms with E-state index in [1.165, 1.54) is 0 Å². The second-order valence-electron chi connectivity index (χ2n) is 5.73. The second-order valence-corrected chi connectivity index (χ2v) is 8.59. The highest BCUT2D eigenvalue weighted by Gasteiger charge is 2.29. The molecule has 0 unspecified atom stereocenters. The zero-order valence-electron chi connectivity index (χ0n) is 12.6. The van der Waals surface area contributed by atoms with E-state index in [0.717, 1.165) is 19.4 Å². The van der Waals surface area contributed by atoms with Crippen molar-refractivity contribution in [3.05, 3.63) is 0 Å². The van der Waals surface area contributed by atoms with E-state index in [9.17, 15) is 8.42 Å². The van der Waals surface area contributed by atoms with Crippen LogP contribution in [0.1, 0.15) is 47.5 Å². The lowest BCUT2D eigenvalue weighted by molar-refractivity contribution is 0.201. The summed E-state index contributed by atoms with van der Waals surface area (Å²) in [5.74, 6) is 0.215. The Balaban J connectivity index is 4.63. The monoisotopic (exact) mass is 278 g/mol. The molecule has 0 radical (unpaired) electrons. The third-order valence-electron chi connectivity index (χ3n) is 3.46. The topological polar surface area (TPSA) is 63.4 Å². The molecule has 5 heteroatoms. The Labute approximate surface area is 113 Å². The minimum Gasteiger partial charge on any atom is -0.329 e.